The number of hydrogen-bond acceptors (Lipinski definition) is 8. The van der Waals surface area contributed by atoms with Gasteiger partial charge in [0.15, 0.2) is 23.8 Å². The van der Waals surface area contributed by atoms with E-state index in [1.807, 2.05) is 0 Å². The summed E-state index contributed by atoms with van der Waals surface area (Å²) in [5.74, 6) is 0. The largest absolute Gasteiger partial charge is 0.222 e. The van der Waals surface area contributed by atoms with E-state index in [-0.39, 0.29) is 0 Å². The van der Waals surface area contributed by atoms with Crippen LogP contribution in [-0.4, -0.2) is 0 Å². The lowest BCUT2D eigenvalue weighted by Gasteiger charge is -2.17. The molecule has 0 aliphatic rings. The fourth-order valence-corrected chi connectivity index (χ4v) is 2.52. The van der Waals surface area contributed by atoms with Crippen LogP contribution in [0.25, 0.3) is 0 Å². The topological polar surface area (TPSA) is 192 Å². The van der Waals surface area contributed by atoms with Gasteiger partial charge < -0.3 is 0 Å². The molecule has 30 heavy (non-hydrogen) atoms. The normalized spacial score (nSPS) is 11.2. The number of hydrogen-bond donors (Lipinski definition) is 0. The number of rotatable bonds is 5. The first-order chi connectivity index (χ1) is 13.6. The Hall–Kier alpha value is -1.44. The van der Waals surface area contributed by atoms with Crippen molar-refractivity contribution in [2.75, 3.05) is 0 Å². The molecular formula is C18H26Cl2N2O8. The van der Waals surface area contributed by atoms with Gasteiger partial charge in [-0.2, -0.15) is 0 Å². The van der Waals surface area contributed by atoms with Gasteiger partial charge >= 0.3 is 0 Å². The lowest BCUT2D eigenvalue weighted by molar-refractivity contribution is -2.00. The maximum atomic E-state index is 8.49. The van der Waals surface area contributed by atoms with Crippen LogP contribution in [0.2, 0.25) is 0 Å². The first kappa shape index (κ1) is 28.6. The summed E-state index contributed by atoms with van der Waals surface area (Å²) in [6.45, 7) is 10.9. The van der Waals surface area contributed by atoms with E-state index in [4.69, 9.17) is 37.3 Å². The molecule has 0 aromatic carbocycles. The minimum absolute atomic E-state index is 1.11. The first-order valence-electron chi connectivity index (χ1n) is 8.73. The van der Waals surface area contributed by atoms with Gasteiger partial charge in [0.05, 0.1) is 0 Å². The molecule has 0 bridgehead atoms. The van der Waals surface area contributed by atoms with Gasteiger partial charge in [-0.3, -0.25) is 0 Å². The second kappa shape index (κ2) is 13.1. The first-order valence-corrected chi connectivity index (χ1v) is 11.2. The minimum atomic E-state index is -4.94. The Labute approximate surface area is 180 Å². The summed E-state index contributed by atoms with van der Waals surface area (Å²) in [7, 11) is -9.89. The van der Waals surface area contributed by atoms with Crippen LogP contribution >= 0.6 is 0 Å². The van der Waals surface area contributed by atoms with Crippen molar-refractivity contribution in [1.29, 1.82) is 0 Å². The van der Waals surface area contributed by atoms with Gasteiger partial charge in [-0.25, -0.2) is 46.4 Å². The standard InChI is InChI=1S/C18H26N2.2ClHO4/c1-15-7-9-17(3)19(13-15)11-5-6-12-20-14-16(2)8-10-18(20)4;2*2-1(3,4)5/h7-10,13-14H,5-6,11-12H2,1-4H3;2*(H,2,3,4,5)/q+2;;/p-2. The highest BCUT2D eigenvalue weighted by atomic mass is 35.7. The third kappa shape index (κ3) is 17.4. The van der Waals surface area contributed by atoms with Crippen molar-refractivity contribution in [3.8, 4) is 0 Å². The maximum absolute atomic E-state index is 8.49. The molecule has 10 nitrogen and oxygen atoms in total. The van der Waals surface area contributed by atoms with Crippen molar-refractivity contribution in [2.45, 2.75) is 53.6 Å². The molecule has 0 saturated heterocycles. The predicted octanol–water partition coefficient (Wildman–Crippen LogP) is -6.54. The Morgan fingerprint density at radius 1 is 0.567 bits per heavy atom. The second-order valence-electron chi connectivity index (χ2n) is 6.55. The van der Waals surface area contributed by atoms with Crippen LogP contribution in [0.5, 0.6) is 0 Å². The lowest BCUT2D eigenvalue weighted by Crippen LogP contribution is -2.68. The third-order valence-corrected chi connectivity index (χ3v) is 3.85. The molecule has 170 valence electrons. The Morgan fingerprint density at radius 3 is 1.10 bits per heavy atom. The molecule has 0 unspecified atom stereocenters. The summed E-state index contributed by atoms with van der Waals surface area (Å²) >= 11 is 0. The highest BCUT2D eigenvalue weighted by molar-refractivity contribution is 5.06. The Balaban J connectivity index is 0.000000702. The van der Waals surface area contributed by atoms with Crippen LogP contribution in [0.3, 0.4) is 0 Å². The molecule has 2 heterocycles. The molecule has 0 aliphatic heterocycles. The number of halogens is 2. The number of unbranched alkanes of at least 4 members (excludes halogenated alkanes) is 1. The quantitative estimate of drug-likeness (QED) is 0.305. The highest BCUT2D eigenvalue weighted by Crippen LogP contribution is 1.99. The van der Waals surface area contributed by atoms with E-state index in [2.05, 4.69) is 73.5 Å². The van der Waals surface area contributed by atoms with E-state index in [1.165, 1.54) is 35.4 Å². The summed E-state index contributed by atoms with van der Waals surface area (Å²) in [5.41, 5.74) is 5.35. The molecular weight excluding hydrogens is 443 g/mol. The van der Waals surface area contributed by atoms with Crippen LogP contribution < -0.4 is 46.4 Å². The van der Waals surface area contributed by atoms with Gasteiger partial charge in [-0.1, -0.05) is 0 Å². The summed E-state index contributed by atoms with van der Waals surface area (Å²) < 4.78 is 72.7. The summed E-state index contributed by atoms with van der Waals surface area (Å²) in [6, 6.07) is 8.76. The molecule has 0 radical (unpaired) electrons. The Kier molecular flexibility index (Phi) is 12.4. The fourth-order valence-electron chi connectivity index (χ4n) is 2.52. The molecule has 2 aromatic rings. The molecule has 0 saturated carbocycles. The summed E-state index contributed by atoms with van der Waals surface area (Å²) in [5, 5.41) is 0. The molecule has 0 spiro atoms. The van der Waals surface area contributed by atoms with Gasteiger partial charge in [0.25, 0.3) is 0 Å². The number of aromatic nitrogens is 2. The number of pyridine rings is 2. The molecule has 0 aliphatic carbocycles. The zero-order chi connectivity index (χ0) is 23.5. The monoisotopic (exact) mass is 468 g/mol. The average Bonchev–Trinajstić information content (AvgIpc) is 2.54. The molecule has 0 amide bonds. The van der Waals surface area contributed by atoms with E-state index in [0.717, 1.165) is 13.1 Å². The van der Waals surface area contributed by atoms with Gasteiger partial charge in [-0.15, -0.1) is 20.5 Å². The third-order valence-electron chi connectivity index (χ3n) is 3.85. The average molecular weight is 469 g/mol. The van der Waals surface area contributed by atoms with Crippen molar-refractivity contribution in [3.05, 3.63) is 59.2 Å². The van der Waals surface area contributed by atoms with Crippen molar-refractivity contribution in [2.24, 2.45) is 0 Å². The van der Waals surface area contributed by atoms with E-state index in [9.17, 15) is 0 Å². The predicted molar refractivity (Wildman–Crippen MR) is 81.5 cm³/mol. The van der Waals surface area contributed by atoms with Gasteiger partial charge in [0.1, 0.15) is 13.1 Å². The maximum Gasteiger partial charge on any atom is 0.178 e. The van der Waals surface area contributed by atoms with Crippen molar-refractivity contribution in [3.63, 3.8) is 0 Å². The van der Waals surface area contributed by atoms with Crippen molar-refractivity contribution >= 4 is 0 Å². The molecule has 0 N–H and O–H groups in total. The Bertz CT molecular complexity index is 702. The summed E-state index contributed by atoms with van der Waals surface area (Å²) in [4.78, 5) is 0. The van der Waals surface area contributed by atoms with Crippen molar-refractivity contribution < 1.29 is 66.9 Å². The van der Waals surface area contributed by atoms with Gasteiger partial charge in [0.2, 0.25) is 0 Å². The van der Waals surface area contributed by atoms with Crippen LogP contribution in [-0.2, 0) is 13.1 Å². The van der Waals surface area contributed by atoms with Crippen LogP contribution in [0.4, 0.5) is 0 Å². The SMILES string of the molecule is Cc1ccc(C)[n+](CCCC[n+]2cc(C)ccc2C)c1.[O-][Cl+3]([O-])([O-])[O-].[O-][Cl+3]([O-])([O-])[O-]. The smallest absolute Gasteiger partial charge is 0.178 e. The van der Waals surface area contributed by atoms with Gasteiger partial charge in [-0.05, 0) is 26.0 Å². The fraction of sp³-hybridized carbons (Fsp3) is 0.444. The molecule has 12 heteroatoms. The number of nitrogens with zero attached hydrogens (tertiary/aromatic N) is 2. The van der Waals surface area contributed by atoms with Crippen LogP contribution in [0.15, 0.2) is 36.7 Å². The second-order valence-corrected chi connectivity index (χ2v) is 8.06. The zero-order valence-electron chi connectivity index (χ0n) is 17.2. The van der Waals surface area contributed by atoms with E-state index >= 15 is 0 Å². The molecule has 2 rings (SSSR count). The van der Waals surface area contributed by atoms with Gasteiger partial charge in [0, 0.05) is 49.9 Å². The highest BCUT2D eigenvalue weighted by Gasteiger charge is 2.09. The van der Waals surface area contributed by atoms with E-state index in [0.29, 0.717) is 0 Å². The minimum Gasteiger partial charge on any atom is -0.222 e. The van der Waals surface area contributed by atoms with Crippen molar-refractivity contribution in [1.82, 2.24) is 0 Å². The molecule has 2 aromatic heterocycles. The Morgan fingerprint density at radius 2 is 0.833 bits per heavy atom. The van der Waals surface area contributed by atoms with E-state index in [1.54, 1.807) is 0 Å². The number of aryl methyl sites for hydroxylation is 6. The van der Waals surface area contributed by atoms with Crippen LogP contribution in [0, 0.1) is 48.2 Å². The molecule has 0 fully saturated rings. The van der Waals surface area contributed by atoms with E-state index < -0.39 is 20.5 Å². The lowest BCUT2D eigenvalue weighted by atomic mass is 10.2. The summed E-state index contributed by atoms with van der Waals surface area (Å²) in [6.07, 6.45) is 6.94. The zero-order valence-corrected chi connectivity index (χ0v) is 18.7. The molecule has 0 atom stereocenters. The van der Waals surface area contributed by atoms with Crippen LogP contribution in [0.1, 0.15) is 35.4 Å².